The number of anilines is 1. The molecule has 5 nitrogen and oxygen atoms in total. The summed E-state index contributed by atoms with van der Waals surface area (Å²) in [7, 11) is 1.68. The van der Waals surface area contributed by atoms with Gasteiger partial charge in [0.15, 0.2) is 6.19 Å². The summed E-state index contributed by atoms with van der Waals surface area (Å²) in [6.07, 6.45) is 5.25. The van der Waals surface area contributed by atoms with Gasteiger partial charge in [-0.25, -0.2) is 4.98 Å². The van der Waals surface area contributed by atoms with Crippen LogP contribution in [-0.2, 0) is 4.79 Å². The van der Waals surface area contributed by atoms with Crippen LogP contribution < -0.4 is 4.90 Å². The van der Waals surface area contributed by atoms with Crippen LogP contribution in [0.15, 0.2) is 48.5 Å². The number of rotatable bonds is 3. The van der Waals surface area contributed by atoms with Crippen LogP contribution in [0, 0.1) is 11.5 Å². The van der Waals surface area contributed by atoms with E-state index in [9.17, 15) is 4.79 Å². The molecule has 0 spiro atoms. The molecule has 1 amide bonds. The minimum Gasteiger partial charge on any atom is -0.311 e. The standard InChI is InChI=1S/C13H12N2O.C5H8N2/c1-15(10-16)13-9-5-8-12(14-13)11-6-3-2-4-7-11;6-5-7-3-1-2-4-7/h2-10H,1H3;1-4H2. The summed E-state index contributed by atoms with van der Waals surface area (Å²) >= 11 is 0. The second-order valence-electron chi connectivity index (χ2n) is 5.26. The summed E-state index contributed by atoms with van der Waals surface area (Å²) in [5.41, 5.74) is 1.91. The van der Waals surface area contributed by atoms with Gasteiger partial charge in [0.2, 0.25) is 6.41 Å². The van der Waals surface area contributed by atoms with Crippen LogP contribution in [0.25, 0.3) is 11.3 Å². The number of nitrogens with zero attached hydrogens (tertiary/aromatic N) is 4. The van der Waals surface area contributed by atoms with Crippen molar-refractivity contribution in [2.75, 3.05) is 25.0 Å². The molecule has 0 unspecified atom stereocenters. The van der Waals surface area contributed by atoms with Crippen LogP contribution in [0.3, 0.4) is 0 Å². The number of carbonyl (C=O) groups excluding carboxylic acids is 1. The Hall–Kier alpha value is -2.87. The minimum absolute atomic E-state index is 0.649. The quantitative estimate of drug-likeness (QED) is 0.646. The molecule has 23 heavy (non-hydrogen) atoms. The van der Waals surface area contributed by atoms with E-state index in [-0.39, 0.29) is 0 Å². The number of hydrogen-bond donors (Lipinski definition) is 0. The van der Waals surface area contributed by atoms with Crippen molar-refractivity contribution in [3.63, 3.8) is 0 Å². The van der Waals surface area contributed by atoms with Crippen LogP contribution in [0.2, 0.25) is 0 Å². The van der Waals surface area contributed by atoms with Gasteiger partial charge in [-0.3, -0.25) is 4.79 Å². The molecule has 1 aromatic carbocycles. The maximum Gasteiger partial charge on any atom is 0.215 e. The van der Waals surface area contributed by atoms with E-state index in [1.807, 2.05) is 42.5 Å². The van der Waals surface area contributed by atoms with Crippen molar-refractivity contribution in [3.8, 4) is 17.5 Å². The summed E-state index contributed by atoms with van der Waals surface area (Å²) in [6.45, 7) is 1.97. The monoisotopic (exact) mass is 308 g/mol. The lowest BCUT2D eigenvalue weighted by atomic mass is 10.1. The number of likely N-dealkylation sites (tertiary alicyclic amines) is 1. The highest BCUT2D eigenvalue weighted by Gasteiger charge is 2.06. The molecule has 1 aliphatic heterocycles. The molecule has 1 fully saturated rings. The molecule has 0 radical (unpaired) electrons. The zero-order valence-electron chi connectivity index (χ0n) is 13.2. The molecule has 0 atom stereocenters. The fourth-order valence-corrected chi connectivity index (χ4v) is 2.26. The number of benzene rings is 1. The molecule has 2 aromatic rings. The lowest BCUT2D eigenvalue weighted by Gasteiger charge is -2.10. The third-order valence-electron chi connectivity index (χ3n) is 3.57. The number of aromatic nitrogens is 1. The van der Waals surface area contributed by atoms with E-state index in [1.54, 1.807) is 18.0 Å². The molecule has 1 aromatic heterocycles. The normalized spacial score (nSPS) is 12.8. The van der Waals surface area contributed by atoms with E-state index < -0.39 is 0 Å². The van der Waals surface area contributed by atoms with E-state index in [2.05, 4.69) is 11.2 Å². The van der Waals surface area contributed by atoms with Crippen LogP contribution in [-0.4, -0.2) is 36.4 Å². The topological polar surface area (TPSA) is 60.2 Å². The minimum atomic E-state index is 0.649. The summed E-state index contributed by atoms with van der Waals surface area (Å²) in [4.78, 5) is 18.3. The van der Waals surface area contributed by atoms with Crippen molar-refractivity contribution in [2.45, 2.75) is 12.8 Å². The highest BCUT2D eigenvalue weighted by molar-refractivity contribution is 5.73. The van der Waals surface area contributed by atoms with Gasteiger partial charge in [0, 0.05) is 25.7 Å². The van der Waals surface area contributed by atoms with Crippen molar-refractivity contribution >= 4 is 12.2 Å². The molecule has 3 rings (SSSR count). The maximum absolute atomic E-state index is 10.6. The van der Waals surface area contributed by atoms with Crippen molar-refractivity contribution in [3.05, 3.63) is 48.5 Å². The molecular formula is C18H20N4O. The van der Waals surface area contributed by atoms with E-state index >= 15 is 0 Å². The molecule has 0 saturated carbocycles. The highest BCUT2D eigenvalue weighted by atomic mass is 16.1. The number of carbonyl (C=O) groups is 1. The van der Waals surface area contributed by atoms with Crippen LogP contribution in [0.4, 0.5) is 5.82 Å². The summed E-state index contributed by atoms with van der Waals surface area (Å²) in [6, 6.07) is 15.5. The fraction of sp³-hybridized carbons (Fsp3) is 0.278. The molecule has 2 heterocycles. The average Bonchev–Trinajstić information content (AvgIpc) is 3.16. The molecule has 5 heteroatoms. The van der Waals surface area contributed by atoms with Crippen LogP contribution in [0.5, 0.6) is 0 Å². The first-order valence-corrected chi connectivity index (χ1v) is 7.60. The Morgan fingerprint density at radius 3 is 2.39 bits per heavy atom. The number of hydrogen-bond acceptors (Lipinski definition) is 4. The maximum atomic E-state index is 10.6. The number of amides is 1. The second kappa shape index (κ2) is 8.54. The van der Waals surface area contributed by atoms with Crippen molar-refractivity contribution in [1.29, 1.82) is 5.26 Å². The molecule has 0 N–H and O–H groups in total. The largest absolute Gasteiger partial charge is 0.311 e. The van der Waals surface area contributed by atoms with Crippen LogP contribution >= 0.6 is 0 Å². The molecule has 1 saturated heterocycles. The summed E-state index contributed by atoms with van der Waals surface area (Å²) < 4.78 is 0. The Bertz CT molecular complexity index is 660. The Morgan fingerprint density at radius 2 is 1.83 bits per heavy atom. The van der Waals surface area contributed by atoms with E-state index in [0.717, 1.165) is 30.8 Å². The summed E-state index contributed by atoms with van der Waals surface area (Å²) in [5, 5.41) is 8.24. The highest BCUT2D eigenvalue weighted by Crippen LogP contribution is 2.19. The van der Waals surface area contributed by atoms with Gasteiger partial charge in [-0.2, -0.15) is 5.26 Å². The third-order valence-corrected chi connectivity index (χ3v) is 3.57. The Balaban J connectivity index is 0.000000229. The SMILES string of the molecule is CN(C=O)c1cccc(-c2ccccc2)n1.N#CN1CCCC1. The lowest BCUT2D eigenvalue weighted by Crippen LogP contribution is -2.15. The first-order chi connectivity index (χ1) is 11.2. The predicted molar refractivity (Wildman–Crippen MR) is 90.6 cm³/mol. The predicted octanol–water partition coefficient (Wildman–Crippen LogP) is 2.90. The molecule has 118 valence electrons. The zero-order chi connectivity index (χ0) is 16.5. The second-order valence-corrected chi connectivity index (χ2v) is 5.26. The van der Waals surface area contributed by atoms with Gasteiger partial charge in [0.05, 0.1) is 5.69 Å². The Kier molecular flexibility index (Phi) is 6.13. The molecule has 0 bridgehead atoms. The Morgan fingerprint density at radius 1 is 1.13 bits per heavy atom. The smallest absolute Gasteiger partial charge is 0.215 e. The number of nitriles is 1. The van der Waals surface area contributed by atoms with Gasteiger partial charge in [-0.1, -0.05) is 36.4 Å². The van der Waals surface area contributed by atoms with Crippen molar-refractivity contribution in [2.24, 2.45) is 0 Å². The van der Waals surface area contributed by atoms with Gasteiger partial charge in [-0.15, -0.1) is 0 Å². The average molecular weight is 308 g/mol. The molecule has 0 aliphatic carbocycles. The summed E-state index contributed by atoms with van der Waals surface area (Å²) in [5.74, 6) is 0.649. The van der Waals surface area contributed by atoms with Gasteiger partial charge < -0.3 is 9.80 Å². The van der Waals surface area contributed by atoms with Gasteiger partial charge in [0.1, 0.15) is 5.82 Å². The number of pyridine rings is 1. The van der Waals surface area contributed by atoms with E-state index in [1.165, 1.54) is 17.7 Å². The lowest BCUT2D eigenvalue weighted by molar-refractivity contribution is -0.107. The van der Waals surface area contributed by atoms with Crippen molar-refractivity contribution in [1.82, 2.24) is 9.88 Å². The van der Waals surface area contributed by atoms with E-state index in [4.69, 9.17) is 5.26 Å². The van der Waals surface area contributed by atoms with E-state index in [0.29, 0.717) is 5.82 Å². The van der Waals surface area contributed by atoms with Crippen molar-refractivity contribution < 1.29 is 4.79 Å². The van der Waals surface area contributed by atoms with Gasteiger partial charge in [-0.05, 0) is 25.0 Å². The van der Waals surface area contributed by atoms with Crippen LogP contribution in [0.1, 0.15) is 12.8 Å². The first kappa shape index (κ1) is 16.5. The Labute approximate surface area is 136 Å². The zero-order valence-corrected chi connectivity index (χ0v) is 13.2. The third kappa shape index (κ3) is 4.82. The van der Waals surface area contributed by atoms with Gasteiger partial charge >= 0.3 is 0 Å². The first-order valence-electron chi connectivity index (χ1n) is 7.60. The molecule has 1 aliphatic rings. The molecular weight excluding hydrogens is 288 g/mol. The fourth-order valence-electron chi connectivity index (χ4n) is 2.26. The van der Waals surface area contributed by atoms with Gasteiger partial charge in [0.25, 0.3) is 0 Å².